The number of rotatable bonds is 21. The van der Waals surface area contributed by atoms with Crippen molar-refractivity contribution in [3.05, 3.63) is 257 Å². The lowest BCUT2D eigenvalue weighted by Crippen LogP contribution is -2.32. The Balaban J connectivity index is 0.858. The van der Waals surface area contributed by atoms with Gasteiger partial charge in [0.25, 0.3) is 0 Å². The average molecular weight is 1430 g/mol. The second-order valence-corrected chi connectivity index (χ2v) is 32.1. The summed E-state index contributed by atoms with van der Waals surface area (Å²) in [7, 11) is 0. The largest absolute Gasteiger partial charge is 0.506 e. The fraction of sp³-hybridized carbons (Fsp3) is 0.316. The Hall–Kier alpha value is -10.9. The van der Waals surface area contributed by atoms with Crippen molar-refractivity contribution < 1.29 is 24.4 Å². The number of allylic oxidation sites excluding steroid dienone is 5. The molecule has 9 aromatic rings. The number of aromatic nitrogens is 4. The minimum absolute atomic E-state index is 0.0148. The minimum Gasteiger partial charge on any atom is -0.506 e. The molecule has 0 saturated carbocycles. The van der Waals surface area contributed by atoms with E-state index in [1.165, 1.54) is 94.2 Å². The third kappa shape index (κ3) is 13.9. The number of anilines is 1. The molecule has 4 N–H and O–H groups in total. The van der Waals surface area contributed by atoms with Crippen LogP contribution in [0.2, 0.25) is 0 Å². The number of carboxylic acids is 1. The smallest absolute Gasteiger partial charge is 0.335 e. The molecule has 14 rings (SSSR count). The van der Waals surface area contributed by atoms with Crippen LogP contribution in [0.5, 0.6) is 0 Å². The number of unbranched alkanes of at least 4 members (excludes halogenated alkanes) is 10. The highest BCUT2D eigenvalue weighted by Crippen LogP contribution is 2.51. The van der Waals surface area contributed by atoms with Gasteiger partial charge in [-0.3, -0.25) is 4.79 Å². The molecule has 0 unspecified atom stereocenters. The van der Waals surface area contributed by atoms with E-state index in [4.69, 9.17) is 9.97 Å². The number of nitrogens with zero attached hydrogens (tertiary/aromatic N) is 4. The minimum atomic E-state index is -0.978. The normalized spacial score (nSPS) is 15.4. The number of ketones is 1. The molecule has 0 amide bonds. The number of aromatic amines is 2. The van der Waals surface area contributed by atoms with E-state index in [0.717, 1.165) is 180 Å². The number of nitrogens with one attached hydrogen (secondary N) is 2. The van der Waals surface area contributed by atoms with E-state index in [1.807, 2.05) is 18.2 Å². The molecule has 10 heteroatoms. The van der Waals surface area contributed by atoms with Gasteiger partial charge in [0.15, 0.2) is 5.71 Å². The van der Waals surface area contributed by atoms with Crippen LogP contribution in [-0.2, 0) is 15.6 Å². The Morgan fingerprint density at radius 2 is 0.935 bits per heavy atom. The summed E-state index contributed by atoms with van der Waals surface area (Å²) < 4.78 is 2.25. The van der Waals surface area contributed by atoms with Crippen molar-refractivity contribution in [3.63, 3.8) is 0 Å². The lowest BCUT2D eigenvalue weighted by atomic mass is 9.77. The first-order valence-corrected chi connectivity index (χ1v) is 39.2. The monoisotopic (exact) mass is 1430 g/mol. The Morgan fingerprint density at radius 3 is 1.42 bits per heavy atom. The topological polar surface area (TPSA) is 138 Å². The van der Waals surface area contributed by atoms with E-state index >= 15 is 0 Å². The van der Waals surface area contributed by atoms with E-state index in [9.17, 15) is 19.8 Å². The van der Waals surface area contributed by atoms with Crippen LogP contribution in [0.15, 0.2) is 156 Å². The van der Waals surface area contributed by atoms with E-state index in [2.05, 4.69) is 263 Å². The zero-order valence-corrected chi connectivity index (χ0v) is 65.9. The first-order valence-electron chi connectivity index (χ1n) is 39.2. The second kappa shape index (κ2) is 30.0. The van der Waals surface area contributed by atoms with Gasteiger partial charge < -0.3 is 25.1 Å². The summed E-state index contributed by atoms with van der Waals surface area (Å²) in [6, 6.07) is 42.9. The summed E-state index contributed by atoms with van der Waals surface area (Å²) in [5.41, 5.74) is 33.8. The molecule has 7 heterocycles. The van der Waals surface area contributed by atoms with Gasteiger partial charge in [-0.25, -0.2) is 14.8 Å². The molecule has 5 aliphatic rings. The summed E-state index contributed by atoms with van der Waals surface area (Å²) in [5, 5.41) is 22.2. The summed E-state index contributed by atoms with van der Waals surface area (Å²) in [6.07, 6.45) is 26.1. The molecule has 3 aromatic heterocycles. The molecular formula is C98H103N6O4+. The number of hydrogen-bond acceptors (Lipinski definition) is 6. The van der Waals surface area contributed by atoms with Crippen molar-refractivity contribution in [2.45, 2.75) is 192 Å². The summed E-state index contributed by atoms with van der Waals surface area (Å²) >= 11 is 0. The van der Waals surface area contributed by atoms with Gasteiger partial charge in [0.05, 0.1) is 44.9 Å². The van der Waals surface area contributed by atoms with Gasteiger partial charge in [0, 0.05) is 103 Å². The van der Waals surface area contributed by atoms with Crippen LogP contribution in [0.1, 0.15) is 224 Å². The second-order valence-electron chi connectivity index (χ2n) is 32.1. The van der Waals surface area contributed by atoms with Gasteiger partial charge in [-0.15, -0.1) is 0 Å². The van der Waals surface area contributed by atoms with Crippen molar-refractivity contribution >= 4 is 75.2 Å². The standard InChI is InChI=1S/C98H102N6O4/c1-16-18-20-22-24-26-46-103-83-44-32-68(54-73(83)97(12,13)85(103)56-71-94(105)72(95(71)106)57-86-98(14,15)74-55-70(96(107)108)35-45-84(74)104(86)47-27-25-23-21-19-17-2)29-28-67-30-33-69(34-31-67)90-75-36-38-77(99-75)91(87-61(6)48-58(3)49-62(87)7)79-40-42-81(101-79)93(89-65(10)52-60(5)53-66(89)11)82-43-41-80(102-82)92(78-39-37-76(90)100-78)88-63(8)50-59(4)51-64(88)9/h30-45,48-57H,16-27,46-47H2,1-15H3,(H3,105,106,107,108)/p+1/b85-56+,90-75?,90-76?,91-77?,91-79?,92-78?,92-80?,93-81?,93-82?. The van der Waals surface area contributed by atoms with Crippen molar-refractivity contribution in [2.75, 3.05) is 18.0 Å². The predicted molar refractivity (Wildman–Crippen MR) is 450 cm³/mol. The van der Waals surface area contributed by atoms with Crippen molar-refractivity contribution in [1.29, 1.82) is 0 Å². The van der Waals surface area contributed by atoms with E-state index in [0.29, 0.717) is 5.57 Å². The number of aryl methyl sites for hydroxylation is 9. The number of fused-ring (bicyclic) bond motifs is 10. The lowest BCUT2D eigenvalue weighted by molar-refractivity contribution is -0.438. The van der Waals surface area contributed by atoms with Gasteiger partial charge in [-0.1, -0.05) is 163 Å². The molecule has 4 aliphatic heterocycles. The van der Waals surface area contributed by atoms with Crippen LogP contribution in [0.25, 0.3) is 90.9 Å². The summed E-state index contributed by atoms with van der Waals surface area (Å²) in [4.78, 5) is 48.8. The number of carbonyl (C=O) groups is 2. The van der Waals surface area contributed by atoms with E-state index in [-0.39, 0.29) is 22.7 Å². The van der Waals surface area contributed by atoms with Gasteiger partial charge in [-0.05, 0) is 247 Å². The van der Waals surface area contributed by atoms with Crippen LogP contribution in [0.4, 0.5) is 11.4 Å². The highest BCUT2D eigenvalue weighted by Gasteiger charge is 2.48. The zero-order valence-electron chi connectivity index (χ0n) is 65.9. The molecule has 6 aromatic carbocycles. The number of Topliss-reactive ketones (excluding diaryl/α,β-unsaturated/α-hetero) is 1. The van der Waals surface area contributed by atoms with Crippen molar-refractivity contribution in [1.82, 2.24) is 19.9 Å². The Labute approximate surface area is 638 Å². The van der Waals surface area contributed by atoms with Crippen LogP contribution in [-0.4, -0.2) is 65.3 Å². The van der Waals surface area contributed by atoms with Gasteiger partial charge in [0.2, 0.25) is 11.5 Å². The maximum absolute atomic E-state index is 14.7. The molecule has 0 fully saturated rings. The molecular weight excluding hydrogens is 1330 g/mol. The average Bonchev–Trinajstić information content (AvgIpc) is 1.58. The number of hydrogen-bond donors (Lipinski definition) is 4. The predicted octanol–water partition coefficient (Wildman–Crippen LogP) is 24.3. The number of carbonyl (C=O) groups excluding carboxylic acids is 1. The molecule has 8 bridgehead atoms. The van der Waals surface area contributed by atoms with Crippen molar-refractivity contribution in [3.8, 4) is 56.3 Å². The fourth-order valence-corrected chi connectivity index (χ4v) is 17.9. The molecule has 1 aliphatic carbocycles. The molecule has 0 saturated heterocycles. The zero-order chi connectivity index (χ0) is 76.2. The first-order chi connectivity index (χ1) is 51.8. The Kier molecular flexibility index (Phi) is 20.6. The van der Waals surface area contributed by atoms with Gasteiger partial charge >= 0.3 is 5.97 Å². The third-order valence-corrected chi connectivity index (χ3v) is 23.1. The highest BCUT2D eigenvalue weighted by molar-refractivity contribution is 6.24. The van der Waals surface area contributed by atoms with E-state index in [1.54, 1.807) is 12.1 Å². The fourth-order valence-electron chi connectivity index (χ4n) is 17.9. The molecule has 0 spiro atoms. The van der Waals surface area contributed by atoms with Gasteiger partial charge in [-0.2, -0.15) is 4.58 Å². The molecule has 10 nitrogen and oxygen atoms in total. The lowest BCUT2D eigenvalue weighted by Gasteiger charge is -2.29. The maximum Gasteiger partial charge on any atom is 0.335 e. The number of aliphatic hydroxyl groups is 1. The van der Waals surface area contributed by atoms with Crippen LogP contribution in [0.3, 0.4) is 0 Å². The maximum atomic E-state index is 14.7. The summed E-state index contributed by atoms with van der Waals surface area (Å²) in [5.74, 6) is 5.94. The number of H-pyrrole nitrogens is 2. The summed E-state index contributed by atoms with van der Waals surface area (Å²) in [6.45, 7) is 34.3. The molecule has 0 atom stereocenters. The third-order valence-electron chi connectivity index (χ3n) is 23.1. The Morgan fingerprint density at radius 1 is 0.491 bits per heavy atom. The molecule has 0 radical (unpaired) electrons. The van der Waals surface area contributed by atoms with Crippen LogP contribution >= 0.6 is 0 Å². The number of aromatic carboxylic acids is 1. The molecule has 108 heavy (non-hydrogen) atoms. The Bertz CT molecular complexity index is 5530. The number of carboxylic acid groups (broad SMARTS) is 1. The highest BCUT2D eigenvalue weighted by atomic mass is 16.4. The number of aliphatic hydroxyl groups excluding tert-OH is 1. The van der Waals surface area contributed by atoms with Crippen molar-refractivity contribution in [2.24, 2.45) is 0 Å². The first kappa shape index (κ1) is 74.0. The van der Waals surface area contributed by atoms with Crippen LogP contribution < -0.4 is 4.90 Å². The SMILES string of the molecule is CCCCCCCCN1/C(=C/C2=C(O)C(=C/C3=[N+](CCCCCCCC)c4ccc(C(=O)O)cc4C3(C)C)/C2=O)C(C)(C)c2cc(C#Cc3ccc(-c4c5nc(c(-c6c(C)cc(C)cc6C)c6ccc([nH]6)c(-c6c(C)cc(C)cc6C)c6nc(c(-c7c(C)cc(C)cc7C)c7ccc4[nH]7)C=C6)C=C5)cc3)ccc21. The quantitative estimate of drug-likeness (QED) is 0.0243. The van der Waals surface area contributed by atoms with E-state index < -0.39 is 16.8 Å². The molecule has 548 valence electrons. The van der Waals surface area contributed by atoms with Gasteiger partial charge in [0.1, 0.15) is 12.3 Å². The number of benzene rings is 6. The van der Waals surface area contributed by atoms with Crippen LogP contribution in [0, 0.1) is 74.2 Å².